The van der Waals surface area contributed by atoms with Gasteiger partial charge in [0.1, 0.15) is 5.75 Å². The lowest BCUT2D eigenvalue weighted by molar-refractivity contribution is -0.145. The molecule has 38 heavy (non-hydrogen) atoms. The van der Waals surface area contributed by atoms with Crippen molar-refractivity contribution >= 4 is 12.0 Å². The molecule has 0 aliphatic heterocycles. The van der Waals surface area contributed by atoms with Gasteiger partial charge >= 0.3 is 5.97 Å². The quantitative estimate of drug-likeness (QED) is 0.285. The first-order valence-electron chi connectivity index (χ1n) is 12.9. The third-order valence-corrected chi connectivity index (χ3v) is 6.68. The Labute approximate surface area is 222 Å². The second-order valence-corrected chi connectivity index (χ2v) is 9.23. The van der Waals surface area contributed by atoms with Crippen molar-refractivity contribution in [3.8, 4) is 5.75 Å². The molecule has 0 amide bonds. The van der Waals surface area contributed by atoms with Gasteiger partial charge in [-0.15, -0.1) is 0 Å². The molecule has 0 fully saturated rings. The Balaban J connectivity index is 1.42. The van der Waals surface area contributed by atoms with E-state index in [1.807, 2.05) is 60.7 Å². The summed E-state index contributed by atoms with van der Waals surface area (Å²) in [5, 5.41) is 4.85. The van der Waals surface area contributed by atoms with Crippen LogP contribution in [0, 0.1) is 0 Å². The van der Waals surface area contributed by atoms with E-state index in [4.69, 9.17) is 14.6 Å². The van der Waals surface area contributed by atoms with Crippen LogP contribution in [0.15, 0.2) is 101 Å². The maximum Gasteiger partial charge on any atom is 0.344 e. The lowest BCUT2D eigenvalue weighted by Crippen LogP contribution is -2.25. The van der Waals surface area contributed by atoms with Gasteiger partial charge in [0.25, 0.3) is 5.56 Å². The molecule has 1 heterocycles. The zero-order chi connectivity index (χ0) is 26.3. The molecule has 1 aliphatic rings. The molecule has 0 spiro atoms. The molecule has 0 saturated carbocycles. The van der Waals surface area contributed by atoms with Gasteiger partial charge in [0.2, 0.25) is 0 Å². The number of carbonyl (C=O) groups excluding carboxylic acids is 1. The predicted octanol–water partition coefficient (Wildman–Crippen LogP) is 5.40. The third-order valence-electron chi connectivity index (χ3n) is 6.68. The molecular weight excluding hydrogens is 476 g/mol. The molecule has 4 aromatic rings. The van der Waals surface area contributed by atoms with E-state index < -0.39 is 0 Å². The molecule has 192 valence electrons. The van der Waals surface area contributed by atoms with Gasteiger partial charge in [-0.25, -0.2) is 9.48 Å². The van der Waals surface area contributed by atoms with Crippen LogP contribution in [0.4, 0.5) is 0 Å². The number of benzene rings is 3. The minimum atomic E-state index is -0.383. The van der Waals surface area contributed by atoms with E-state index in [0.29, 0.717) is 18.9 Å². The van der Waals surface area contributed by atoms with Gasteiger partial charge < -0.3 is 9.47 Å². The summed E-state index contributed by atoms with van der Waals surface area (Å²) in [6, 6.07) is 29.7. The zero-order valence-electron chi connectivity index (χ0n) is 21.4. The maximum absolute atomic E-state index is 12.9. The molecule has 0 saturated heterocycles. The number of ether oxygens (including phenoxy) is 2. The maximum atomic E-state index is 12.9. The van der Waals surface area contributed by atoms with Crippen LogP contribution in [-0.4, -0.2) is 29.0 Å². The first-order valence-corrected chi connectivity index (χ1v) is 12.9. The number of hydrogen-bond donors (Lipinski definition) is 0. The van der Waals surface area contributed by atoms with Crippen LogP contribution in [0.2, 0.25) is 0 Å². The molecule has 0 unspecified atom stereocenters. The lowest BCUT2D eigenvalue weighted by atomic mass is 9.88. The number of hydrogen-bond acceptors (Lipinski definition) is 5. The van der Waals surface area contributed by atoms with E-state index in [-0.39, 0.29) is 24.1 Å². The minimum Gasteiger partial charge on any atom is -0.482 e. The Morgan fingerprint density at radius 3 is 2.29 bits per heavy atom. The van der Waals surface area contributed by atoms with E-state index in [0.717, 1.165) is 46.4 Å². The Kier molecular flexibility index (Phi) is 7.78. The SMILES string of the molecule is CCOC(=O)COc1cccc2c1CCC(Cn1nc(C(c3ccccc3)c3ccccc3)ccc1=O)=C2. The fourth-order valence-corrected chi connectivity index (χ4v) is 4.91. The number of carbonyl (C=O) groups is 1. The van der Waals surface area contributed by atoms with Crippen molar-refractivity contribution in [2.24, 2.45) is 0 Å². The van der Waals surface area contributed by atoms with Crippen molar-refractivity contribution < 1.29 is 14.3 Å². The number of aromatic nitrogens is 2. The standard InChI is InChI=1S/C32H30N2O4/c1-2-37-31(36)22-38-29-15-9-14-26-20-23(16-17-27(26)29)21-34-30(35)19-18-28(33-34)32(24-10-5-3-6-11-24)25-12-7-4-8-13-25/h3-15,18-20,32H,2,16-17,21-22H2,1H3. The monoisotopic (exact) mass is 506 g/mol. The summed E-state index contributed by atoms with van der Waals surface area (Å²) in [5.41, 5.74) is 6.14. The fourth-order valence-electron chi connectivity index (χ4n) is 4.91. The van der Waals surface area contributed by atoms with Gasteiger partial charge in [-0.3, -0.25) is 4.79 Å². The highest BCUT2D eigenvalue weighted by Crippen LogP contribution is 2.32. The smallest absolute Gasteiger partial charge is 0.344 e. The van der Waals surface area contributed by atoms with Crippen LogP contribution in [-0.2, 0) is 22.5 Å². The van der Waals surface area contributed by atoms with E-state index >= 15 is 0 Å². The molecule has 0 atom stereocenters. The summed E-state index contributed by atoms with van der Waals surface area (Å²) >= 11 is 0. The van der Waals surface area contributed by atoms with Gasteiger partial charge in [-0.05, 0) is 54.2 Å². The lowest BCUT2D eigenvalue weighted by Gasteiger charge is -2.21. The van der Waals surface area contributed by atoms with Crippen molar-refractivity contribution in [1.29, 1.82) is 0 Å². The van der Waals surface area contributed by atoms with Crippen molar-refractivity contribution in [3.05, 3.63) is 135 Å². The molecular formula is C32H30N2O4. The predicted molar refractivity (Wildman–Crippen MR) is 147 cm³/mol. The van der Waals surface area contributed by atoms with E-state index in [2.05, 4.69) is 30.3 Å². The highest BCUT2D eigenvalue weighted by molar-refractivity contribution is 5.71. The first-order chi connectivity index (χ1) is 18.6. The van der Waals surface area contributed by atoms with Crippen LogP contribution in [0.5, 0.6) is 5.75 Å². The average Bonchev–Trinajstić information content (AvgIpc) is 2.95. The second kappa shape index (κ2) is 11.7. The number of allylic oxidation sites excluding steroid dienone is 1. The van der Waals surface area contributed by atoms with Crippen molar-refractivity contribution in [3.63, 3.8) is 0 Å². The van der Waals surface area contributed by atoms with Crippen LogP contribution in [0.3, 0.4) is 0 Å². The van der Waals surface area contributed by atoms with E-state index in [1.54, 1.807) is 17.7 Å². The Hall–Kier alpha value is -4.45. The van der Waals surface area contributed by atoms with E-state index in [1.165, 1.54) is 0 Å². The Morgan fingerprint density at radius 1 is 0.895 bits per heavy atom. The molecule has 3 aromatic carbocycles. The average molecular weight is 507 g/mol. The summed E-state index contributed by atoms with van der Waals surface area (Å²) in [4.78, 5) is 24.6. The Morgan fingerprint density at radius 2 is 1.61 bits per heavy atom. The Bertz CT molecular complexity index is 1450. The molecule has 6 heteroatoms. The molecule has 1 aromatic heterocycles. The topological polar surface area (TPSA) is 70.4 Å². The first kappa shape index (κ1) is 25.2. The zero-order valence-corrected chi connectivity index (χ0v) is 21.4. The molecule has 6 nitrogen and oxygen atoms in total. The van der Waals surface area contributed by atoms with Gasteiger partial charge in [0.15, 0.2) is 6.61 Å². The van der Waals surface area contributed by atoms with Gasteiger partial charge in [-0.1, -0.05) is 78.9 Å². The number of nitrogens with zero attached hydrogens (tertiary/aromatic N) is 2. The van der Waals surface area contributed by atoms with Crippen LogP contribution in [0.1, 0.15) is 47.2 Å². The molecule has 1 aliphatic carbocycles. The van der Waals surface area contributed by atoms with Crippen LogP contribution >= 0.6 is 0 Å². The van der Waals surface area contributed by atoms with Crippen molar-refractivity contribution in [1.82, 2.24) is 9.78 Å². The highest BCUT2D eigenvalue weighted by atomic mass is 16.6. The van der Waals surface area contributed by atoms with Gasteiger partial charge in [0.05, 0.1) is 24.8 Å². The largest absolute Gasteiger partial charge is 0.482 e. The number of fused-ring (bicyclic) bond motifs is 1. The minimum absolute atomic E-state index is 0.0792. The highest BCUT2D eigenvalue weighted by Gasteiger charge is 2.20. The second-order valence-electron chi connectivity index (χ2n) is 9.23. The van der Waals surface area contributed by atoms with Crippen LogP contribution in [0.25, 0.3) is 6.08 Å². The van der Waals surface area contributed by atoms with Crippen molar-refractivity contribution in [2.75, 3.05) is 13.2 Å². The van der Waals surface area contributed by atoms with Crippen LogP contribution < -0.4 is 10.3 Å². The number of rotatable bonds is 9. The normalized spacial score (nSPS) is 12.5. The molecule has 0 bridgehead atoms. The summed E-state index contributed by atoms with van der Waals surface area (Å²) in [6.45, 7) is 2.40. The van der Waals surface area contributed by atoms with Gasteiger partial charge in [-0.2, -0.15) is 5.10 Å². The molecule has 5 rings (SSSR count). The van der Waals surface area contributed by atoms with Gasteiger partial charge in [0, 0.05) is 11.6 Å². The van der Waals surface area contributed by atoms with Crippen molar-refractivity contribution in [2.45, 2.75) is 32.2 Å². The summed E-state index contributed by atoms with van der Waals surface area (Å²) in [5.74, 6) is 0.230. The number of esters is 1. The fraction of sp³-hybridized carbons (Fsp3) is 0.219. The molecule has 0 radical (unpaired) electrons. The third kappa shape index (κ3) is 5.75. The summed E-state index contributed by atoms with van der Waals surface area (Å²) in [7, 11) is 0. The summed E-state index contributed by atoms with van der Waals surface area (Å²) in [6.07, 6.45) is 3.62. The van der Waals surface area contributed by atoms with E-state index in [9.17, 15) is 9.59 Å². The summed E-state index contributed by atoms with van der Waals surface area (Å²) < 4.78 is 12.3. The molecule has 0 N–H and O–H groups in total.